The molecule has 0 saturated heterocycles. The number of aliphatic carboxylic acids is 1. The van der Waals surface area contributed by atoms with Crippen molar-refractivity contribution in [3.05, 3.63) is 0 Å². The molecule has 1 aliphatic rings. The van der Waals surface area contributed by atoms with Gasteiger partial charge in [0.15, 0.2) is 0 Å². The molecule has 0 amide bonds. The van der Waals surface area contributed by atoms with Gasteiger partial charge in [0.2, 0.25) is 0 Å². The average Bonchev–Trinajstić information content (AvgIpc) is 2.25. The Kier molecular flexibility index (Phi) is 4.73. The van der Waals surface area contributed by atoms with Crippen LogP contribution in [0.25, 0.3) is 0 Å². The third kappa shape index (κ3) is 3.20. The topological polar surface area (TPSA) is 83.8 Å². The van der Waals surface area contributed by atoms with Crippen molar-refractivity contribution in [3.63, 3.8) is 0 Å². The second-order valence-corrected chi connectivity index (χ2v) is 4.36. The molecule has 0 bridgehead atoms. The Morgan fingerprint density at radius 1 is 1.31 bits per heavy atom. The van der Waals surface area contributed by atoms with Gasteiger partial charge in [0.1, 0.15) is 6.61 Å². The van der Waals surface area contributed by atoms with Gasteiger partial charge in [0.05, 0.1) is 18.4 Å². The Morgan fingerprint density at radius 3 is 2.56 bits per heavy atom. The molecular weight excluding hydrogens is 212 g/mol. The quantitative estimate of drug-likeness (QED) is 0.693. The van der Waals surface area contributed by atoms with E-state index in [2.05, 4.69) is 0 Å². The number of aliphatic hydroxyl groups is 1. The maximum atomic E-state index is 11.6. The molecule has 0 aromatic carbocycles. The van der Waals surface area contributed by atoms with E-state index in [9.17, 15) is 9.59 Å². The fourth-order valence-electron chi connectivity index (χ4n) is 2.19. The third-order valence-corrected chi connectivity index (χ3v) is 3.07. The Bertz CT molecular complexity index is 263. The number of carbonyl (C=O) groups excluding carboxylic acids is 1. The highest BCUT2D eigenvalue weighted by Gasteiger charge is 2.38. The van der Waals surface area contributed by atoms with Crippen molar-refractivity contribution in [2.75, 3.05) is 13.2 Å². The summed E-state index contributed by atoms with van der Waals surface area (Å²) in [5.74, 6) is -2.27. The van der Waals surface area contributed by atoms with Crippen LogP contribution in [0.3, 0.4) is 0 Å². The molecule has 5 nitrogen and oxygen atoms in total. The molecule has 0 aliphatic heterocycles. The van der Waals surface area contributed by atoms with Crippen LogP contribution in [-0.2, 0) is 14.3 Å². The number of ether oxygens (including phenoxy) is 1. The van der Waals surface area contributed by atoms with Crippen LogP contribution in [0.2, 0.25) is 0 Å². The van der Waals surface area contributed by atoms with Gasteiger partial charge in [-0.05, 0) is 25.2 Å². The highest BCUT2D eigenvalue weighted by molar-refractivity contribution is 5.81. The molecule has 0 radical (unpaired) electrons. The number of esters is 1. The van der Waals surface area contributed by atoms with Crippen LogP contribution in [0.15, 0.2) is 0 Å². The largest absolute Gasteiger partial charge is 0.481 e. The van der Waals surface area contributed by atoms with E-state index in [0.717, 1.165) is 6.42 Å². The summed E-state index contributed by atoms with van der Waals surface area (Å²) in [7, 11) is 0. The van der Waals surface area contributed by atoms with Crippen LogP contribution in [-0.4, -0.2) is 35.4 Å². The molecule has 0 aromatic rings. The minimum atomic E-state index is -0.933. The molecule has 0 spiro atoms. The first-order valence-electron chi connectivity index (χ1n) is 5.56. The van der Waals surface area contributed by atoms with Gasteiger partial charge >= 0.3 is 11.9 Å². The van der Waals surface area contributed by atoms with Crippen molar-refractivity contribution in [1.82, 2.24) is 0 Å². The van der Waals surface area contributed by atoms with E-state index in [1.165, 1.54) is 0 Å². The van der Waals surface area contributed by atoms with Gasteiger partial charge in [0.25, 0.3) is 0 Å². The van der Waals surface area contributed by atoms with Gasteiger partial charge in [-0.1, -0.05) is 6.92 Å². The van der Waals surface area contributed by atoms with Gasteiger partial charge < -0.3 is 14.9 Å². The van der Waals surface area contributed by atoms with Crippen molar-refractivity contribution in [3.8, 4) is 0 Å². The zero-order chi connectivity index (χ0) is 12.1. The molecule has 3 atom stereocenters. The third-order valence-electron chi connectivity index (χ3n) is 3.07. The zero-order valence-electron chi connectivity index (χ0n) is 9.39. The van der Waals surface area contributed by atoms with Gasteiger partial charge in [0, 0.05) is 0 Å². The number of carboxylic acids is 1. The van der Waals surface area contributed by atoms with Crippen LogP contribution in [0.5, 0.6) is 0 Å². The summed E-state index contributed by atoms with van der Waals surface area (Å²) in [6.07, 6.45) is 1.91. The number of hydrogen-bond acceptors (Lipinski definition) is 4. The monoisotopic (exact) mass is 230 g/mol. The van der Waals surface area contributed by atoms with Crippen molar-refractivity contribution in [2.45, 2.75) is 26.2 Å². The maximum Gasteiger partial charge on any atom is 0.309 e. The molecular formula is C11H18O5. The molecule has 1 saturated carbocycles. The van der Waals surface area contributed by atoms with Gasteiger partial charge in [-0.25, -0.2) is 0 Å². The van der Waals surface area contributed by atoms with E-state index in [1.807, 2.05) is 6.92 Å². The molecule has 1 aliphatic carbocycles. The molecule has 5 heteroatoms. The maximum absolute atomic E-state index is 11.6. The fraction of sp³-hybridized carbons (Fsp3) is 0.818. The van der Waals surface area contributed by atoms with Crippen molar-refractivity contribution < 1.29 is 24.5 Å². The standard InChI is InChI=1S/C11H18O5/c1-7-2-3-8(10(13)14)9(6-7)11(15)16-5-4-12/h7-9,12H,2-6H2,1H3,(H,13,14). The SMILES string of the molecule is CC1CCC(C(=O)O)C(C(=O)OCCO)C1. The highest BCUT2D eigenvalue weighted by Crippen LogP contribution is 2.34. The Labute approximate surface area is 94.4 Å². The van der Waals surface area contributed by atoms with Gasteiger partial charge in [-0.15, -0.1) is 0 Å². The van der Waals surface area contributed by atoms with Crippen LogP contribution < -0.4 is 0 Å². The van der Waals surface area contributed by atoms with Crippen LogP contribution in [0.1, 0.15) is 26.2 Å². The average molecular weight is 230 g/mol. The lowest BCUT2D eigenvalue weighted by molar-refractivity contribution is -0.161. The van der Waals surface area contributed by atoms with E-state index in [-0.39, 0.29) is 13.2 Å². The van der Waals surface area contributed by atoms with Crippen LogP contribution in [0.4, 0.5) is 0 Å². The number of carbonyl (C=O) groups is 2. The minimum absolute atomic E-state index is 0.0595. The smallest absolute Gasteiger partial charge is 0.309 e. The highest BCUT2D eigenvalue weighted by atomic mass is 16.5. The number of carboxylic acid groups (broad SMARTS) is 1. The summed E-state index contributed by atoms with van der Waals surface area (Å²) in [4.78, 5) is 22.6. The summed E-state index contributed by atoms with van der Waals surface area (Å²) in [5.41, 5.74) is 0. The summed E-state index contributed by atoms with van der Waals surface area (Å²) in [6.45, 7) is 1.71. The lowest BCUT2D eigenvalue weighted by atomic mass is 9.74. The number of aliphatic hydroxyl groups excluding tert-OH is 1. The number of hydrogen-bond donors (Lipinski definition) is 2. The van der Waals surface area contributed by atoms with Crippen LogP contribution in [0, 0.1) is 17.8 Å². The summed E-state index contributed by atoms with van der Waals surface area (Å²) in [6, 6.07) is 0. The normalized spacial score (nSPS) is 29.8. The van der Waals surface area contributed by atoms with E-state index in [4.69, 9.17) is 14.9 Å². The minimum Gasteiger partial charge on any atom is -0.481 e. The Balaban J connectivity index is 2.63. The first-order chi connectivity index (χ1) is 7.56. The molecule has 2 N–H and O–H groups in total. The van der Waals surface area contributed by atoms with Crippen molar-refractivity contribution >= 4 is 11.9 Å². The van der Waals surface area contributed by atoms with Crippen molar-refractivity contribution in [1.29, 1.82) is 0 Å². The molecule has 92 valence electrons. The van der Waals surface area contributed by atoms with E-state index >= 15 is 0 Å². The molecule has 1 rings (SSSR count). The molecule has 16 heavy (non-hydrogen) atoms. The van der Waals surface area contributed by atoms with E-state index < -0.39 is 23.8 Å². The predicted octanol–water partition coefficient (Wildman–Crippen LogP) is 0.659. The van der Waals surface area contributed by atoms with Crippen LogP contribution >= 0.6 is 0 Å². The second-order valence-electron chi connectivity index (χ2n) is 4.36. The second kappa shape index (κ2) is 5.84. The lowest BCUT2D eigenvalue weighted by Gasteiger charge is -2.30. The van der Waals surface area contributed by atoms with Crippen molar-refractivity contribution in [2.24, 2.45) is 17.8 Å². The zero-order valence-corrected chi connectivity index (χ0v) is 9.39. The Hall–Kier alpha value is -1.10. The first-order valence-corrected chi connectivity index (χ1v) is 5.56. The van der Waals surface area contributed by atoms with Gasteiger partial charge in [-0.3, -0.25) is 9.59 Å². The van der Waals surface area contributed by atoms with Gasteiger partial charge in [-0.2, -0.15) is 0 Å². The lowest BCUT2D eigenvalue weighted by Crippen LogP contribution is -2.36. The molecule has 3 unspecified atom stereocenters. The summed E-state index contributed by atoms with van der Waals surface area (Å²) < 4.78 is 4.81. The predicted molar refractivity (Wildman–Crippen MR) is 55.7 cm³/mol. The van der Waals surface area contributed by atoms with E-state index in [1.54, 1.807) is 0 Å². The molecule has 0 heterocycles. The number of rotatable bonds is 4. The van der Waals surface area contributed by atoms with E-state index in [0.29, 0.717) is 18.8 Å². The molecule has 0 aromatic heterocycles. The first kappa shape index (κ1) is 13.0. The fourth-order valence-corrected chi connectivity index (χ4v) is 2.19. The summed E-state index contributed by atoms with van der Waals surface area (Å²) in [5, 5.41) is 17.6. The molecule has 1 fully saturated rings. The summed E-state index contributed by atoms with van der Waals surface area (Å²) >= 11 is 0. The Morgan fingerprint density at radius 2 is 2.00 bits per heavy atom.